The van der Waals surface area contributed by atoms with Gasteiger partial charge in [0, 0.05) is 26.7 Å². The zero-order valence-electron chi connectivity index (χ0n) is 12.1. The molecule has 4 N–H and O–H groups in total. The maximum absolute atomic E-state index is 12.0. The van der Waals surface area contributed by atoms with Gasteiger partial charge < -0.3 is 16.4 Å². The highest BCUT2D eigenvalue weighted by molar-refractivity contribution is 5.81. The number of amides is 1. The number of carbonyl (C=O) groups is 1. The molecule has 0 aromatic carbocycles. The van der Waals surface area contributed by atoms with E-state index in [2.05, 4.69) is 4.99 Å². The molecule has 1 heterocycles. The van der Waals surface area contributed by atoms with E-state index in [1.54, 1.807) is 7.05 Å². The lowest BCUT2D eigenvalue weighted by Crippen LogP contribution is -2.42. The molecule has 1 fully saturated rings. The average molecular weight is 280 g/mol. The Kier molecular flexibility index (Phi) is 6.81. The molecule has 7 nitrogen and oxygen atoms in total. The first kappa shape index (κ1) is 16.2. The number of carbonyl (C=O) groups excluding carboxylic acids is 1. The van der Waals surface area contributed by atoms with E-state index in [4.69, 9.17) is 16.7 Å². The molecule has 0 radical (unpaired) electrons. The highest BCUT2D eigenvalue weighted by Gasteiger charge is 2.22. The number of likely N-dealkylation sites (tertiary alicyclic amines) is 1. The molecule has 1 atom stereocenters. The van der Waals surface area contributed by atoms with E-state index in [0.717, 1.165) is 38.8 Å². The van der Waals surface area contributed by atoms with Crippen molar-refractivity contribution in [2.45, 2.75) is 38.1 Å². The number of unbranched alkanes of at least 4 members (excludes halogenated alkanes) is 1. The predicted octanol–water partition coefficient (Wildman–Crippen LogP) is -0.166. The van der Waals surface area contributed by atoms with E-state index in [0.29, 0.717) is 13.0 Å². The molecule has 0 bridgehead atoms. The summed E-state index contributed by atoms with van der Waals surface area (Å²) in [6.45, 7) is 2.23. The van der Waals surface area contributed by atoms with Crippen molar-refractivity contribution >= 4 is 11.9 Å². The molecular weight excluding hydrogens is 256 g/mol. The number of nitrogens with zero attached hydrogens (tertiary/aromatic N) is 4. The number of guanidine groups is 1. The lowest BCUT2D eigenvalue weighted by molar-refractivity contribution is -0.131. The summed E-state index contributed by atoms with van der Waals surface area (Å²) in [5, 5.41) is 8.60. The fourth-order valence-corrected chi connectivity index (χ4v) is 2.12. The summed E-state index contributed by atoms with van der Waals surface area (Å²) in [6, 6.07) is -0.406. The lowest BCUT2D eigenvalue weighted by Gasteiger charge is -2.19. The van der Waals surface area contributed by atoms with E-state index in [-0.39, 0.29) is 11.9 Å². The minimum Gasteiger partial charge on any atom is -0.369 e. The second kappa shape index (κ2) is 8.38. The Labute approximate surface area is 120 Å². The molecule has 1 aliphatic rings. The summed E-state index contributed by atoms with van der Waals surface area (Å²) in [4.78, 5) is 19.1. The number of nitriles is 1. The summed E-state index contributed by atoms with van der Waals surface area (Å²) in [7, 11) is 1.56. The number of nitrogens with two attached hydrogens (primary N) is 2. The Morgan fingerprint density at radius 1 is 1.45 bits per heavy atom. The van der Waals surface area contributed by atoms with E-state index in [1.807, 2.05) is 11.1 Å². The third-order valence-corrected chi connectivity index (χ3v) is 3.43. The Bertz CT molecular complexity index is 383. The van der Waals surface area contributed by atoms with Gasteiger partial charge in [0.2, 0.25) is 11.9 Å². The predicted molar refractivity (Wildman–Crippen MR) is 77.5 cm³/mol. The minimum absolute atomic E-state index is 0.0646. The average Bonchev–Trinajstić information content (AvgIpc) is 2.98. The first-order valence-corrected chi connectivity index (χ1v) is 7.04. The van der Waals surface area contributed by atoms with E-state index in [9.17, 15) is 4.79 Å². The molecule has 0 saturated carbocycles. The van der Waals surface area contributed by atoms with Crippen molar-refractivity contribution in [3.8, 4) is 6.19 Å². The van der Waals surface area contributed by atoms with Crippen molar-refractivity contribution in [1.29, 1.82) is 5.26 Å². The van der Waals surface area contributed by atoms with Crippen LogP contribution in [0.5, 0.6) is 0 Å². The van der Waals surface area contributed by atoms with E-state index >= 15 is 0 Å². The van der Waals surface area contributed by atoms with Crippen LogP contribution < -0.4 is 11.5 Å². The SMILES string of the molecule is CN(C#N)C(N)=NCCCC[C@H](N)C(=O)N1CCCC1. The van der Waals surface area contributed by atoms with Gasteiger partial charge in [-0.2, -0.15) is 5.26 Å². The van der Waals surface area contributed by atoms with Crippen LogP contribution in [0.15, 0.2) is 4.99 Å². The van der Waals surface area contributed by atoms with Gasteiger partial charge in [-0.25, -0.2) is 0 Å². The van der Waals surface area contributed by atoms with Crippen LogP contribution in [0.2, 0.25) is 0 Å². The van der Waals surface area contributed by atoms with Gasteiger partial charge in [0.1, 0.15) is 0 Å². The van der Waals surface area contributed by atoms with Gasteiger partial charge in [-0.05, 0) is 32.1 Å². The number of hydrogen-bond donors (Lipinski definition) is 2. The van der Waals surface area contributed by atoms with Crippen LogP contribution in [0.25, 0.3) is 0 Å². The first-order valence-electron chi connectivity index (χ1n) is 7.04. The highest BCUT2D eigenvalue weighted by Crippen LogP contribution is 2.10. The highest BCUT2D eigenvalue weighted by atomic mass is 16.2. The van der Waals surface area contributed by atoms with Crippen LogP contribution in [-0.2, 0) is 4.79 Å². The Morgan fingerprint density at radius 2 is 2.10 bits per heavy atom. The van der Waals surface area contributed by atoms with Crippen LogP contribution >= 0.6 is 0 Å². The molecule has 1 rings (SSSR count). The van der Waals surface area contributed by atoms with Crippen molar-refractivity contribution in [3.05, 3.63) is 0 Å². The largest absolute Gasteiger partial charge is 0.369 e. The topological polar surface area (TPSA) is 112 Å². The second-order valence-corrected chi connectivity index (χ2v) is 5.03. The lowest BCUT2D eigenvalue weighted by atomic mass is 10.1. The third kappa shape index (κ3) is 5.05. The fourth-order valence-electron chi connectivity index (χ4n) is 2.12. The molecule has 0 aromatic heterocycles. The van der Waals surface area contributed by atoms with Gasteiger partial charge in [-0.3, -0.25) is 14.7 Å². The summed E-state index contributed by atoms with van der Waals surface area (Å²) >= 11 is 0. The number of aliphatic imine (C=N–C) groups is 1. The molecule has 0 aromatic rings. The third-order valence-electron chi connectivity index (χ3n) is 3.43. The monoisotopic (exact) mass is 280 g/mol. The number of rotatable bonds is 6. The van der Waals surface area contributed by atoms with Gasteiger partial charge in [-0.1, -0.05) is 0 Å². The first-order chi connectivity index (χ1) is 9.56. The molecule has 1 aliphatic heterocycles. The molecule has 0 spiro atoms. The van der Waals surface area contributed by atoms with Gasteiger partial charge in [0.25, 0.3) is 0 Å². The van der Waals surface area contributed by atoms with Crippen molar-refractivity contribution in [1.82, 2.24) is 9.80 Å². The zero-order chi connectivity index (χ0) is 15.0. The normalized spacial score (nSPS) is 16.9. The van der Waals surface area contributed by atoms with E-state index < -0.39 is 6.04 Å². The molecule has 0 unspecified atom stereocenters. The second-order valence-electron chi connectivity index (χ2n) is 5.03. The molecule has 1 saturated heterocycles. The van der Waals surface area contributed by atoms with Crippen LogP contribution in [0.3, 0.4) is 0 Å². The van der Waals surface area contributed by atoms with Gasteiger partial charge in [-0.15, -0.1) is 0 Å². The van der Waals surface area contributed by atoms with Crippen molar-refractivity contribution in [3.63, 3.8) is 0 Å². The maximum atomic E-state index is 12.0. The van der Waals surface area contributed by atoms with Crippen molar-refractivity contribution in [2.24, 2.45) is 16.5 Å². The van der Waals surface area contributed by atoms with Crippen molar-refractivity contribution in [2.75, 3.05) is 26.7 Å². The van der Waals surface area contributed by atoms with Crippen molar-refractivity contribution < 1.29 is 4.79 Å². The summed E-state index contributed by atoms with van der Waals surface area (Å²) < 4.78 is 0. The Balaban J connectivity index is 2.17. The molecule has 0 aliphatic carbocycles. The molecule has 20 heavy (non-hydrogen) atoms. The molecule has 112 valence electrons. The fraction of sp³-hybridized carbons (Fsp3) is 0.769. The maximum Gasteiger partial charge on any atom is 0.239 e. The summed E-state index contributed by atoms with van der Waals surface area (Å²) in [5.74, 6) is 0.277. The quantitative estimate of drug-likeness (QED) is 0.231. The van der Waals surface area contributed by atoms with Crippen LogP contribution in [0.1, 0.15) is 32.1 Å². The smallest absolute Gasteiger partial charge is 0.239 e. The van der Waals surface area contributed by atoms with Gasteiger partial charge >= 0.3 is 0 Å². The zero-order valence-corrected chi connectivity index (χ0v) is 12.1. The minimum atomic E-state index is -0.406. The molecular formula is C13H24N6O. The van der Waals surface area contributed by atoms with Gasteiger partial charge in [0.05, 0.1) is 6.04 Å². The molecule has 7 heteroatoms. The summed E-state index contributed by atoms with van der Waals surface area (Å²) in [6.07, 6.45) is 6.34. The van der Waals surface area contributed by atoms with Crippen LogP contribution in [0, 0.1) is 11.5 Å². The standard InChI is InChI=1S/C13H24N6O/c1-18(10-14)13(16)17-7-3-2-6-11(15)12(20)19-8-4-5-9-19/h11H,2-9,15H2,1H3,(H2,16,17)/t11-/m0/s1. The number of hydrogen-bond acceptors (Lipinski definition) is 4. The van der Waals surface area contributed by atoms with Crippen LogP contribution in [-0.4, -0.2) is 54.4 Å². The Hall–Kier alpha value is -1.81. The van der Waals surface area contributed by atoms with E-state index in [1.165, 1.54) is 4.90 Å². The van der Waals surface area contributed by atoms with Crippen LogP contribution in [0.4, 0.5) is 0 Å². The molecule has 1 amide bonds. The summed E-state index contributed by atoms with van der Waals surface area (Å²) in [5.41, 5.74) is 11.5. The van der Waals surface area contributed by atoms with Gasteiger partial charge in [0.15, 0.2) is 6.19 Å². The Morgan fingerprint density at radius 3 is 2.70 bits per heavy atom.